The van der Waals surface area contributed by atoms with Crippen molar-refractivity contribution in [3.8, 4) is 6.07 Å². The van der Waals surface area contributed by atoms with Crippen LogP contribution in [0.5, 0.6) is 0 Å². The Kier molecular flexibility index (Phi) is 2.59. The van der Waals surface area contributed by atoms with Gasteiger partial charge in [0.2, 0.25) is 0 Å². The van der Waals surface area contributed by atoms with E-state index in [9.17, 15) is 5.26 Å². The average Bonchev–Trinajstić information content (AvgIpc) is 2.95. The minimum absolute atomic E-state index is 0.143. The first kappa shape index (κ1) is 11.3. The van der Waals surface area contributed by atoms with Crippen LogP contribution >= 0.6 is 0 Å². The molecule has 0 amide bonds. The monoisotopic (exact) mass is 239 g/mol. The molecule has 1 aromatic carbocycles. The first-order valence-corrected chi connectivity index (χ1v) is 6.54. The molecule has 1 saturated carbocycles. The summed E-state index contributed by atoms with van der Waals surface area (Å²) in [6.45, 7) is 4.24. The zero-order valence-electron chi connectivity index (χ0n) is 10.8. The lowest BCUT2D eigenvalue weighted by atomic mass is 10.0. The first-order valence-electron chi connectivity index (χ1n) is 6.54. The van der Waals surface area contributed by atoms with Crippen LogP contribution in [0.1, 0.15) is 36.4 Å². The number of nitriles is 1. The van der Waals surface area contributed by atoms with Gasteiger partial charge in [-0.05, 0) is 56.4 Å². The van der Waals surface area contributed by atoms with Crippen molar-refractivity contribution in [2.24, 2.45) is 5.92 Å². The van der Waals surface area contributed by atoms with Crippen molar-refractivity contribution in [2.75, 3.05) is 0 Å². The number of aromatic nitrogens is 2. The van der Waals surface area contributed by atoms with Gasteiger partial charge in [0.15, 0.2) is 0 Å². The summed E-state index contributed by atoms with van der Waals surface area (Å²) in [5.41, 5.74) is 4.78. The number of aryl methyl sites for hydroxylation is 2. The lowest BCUT2D eigenvalue weighted by Crippen LogP contribution is -2.11. The quantitative estimate of drug-likeness (QED) is 0.764. The van der Waals surface area contributed by atoms with Crippen LogP contribution in [-0.4, -0.2) is 9.55 Å². The fraction of sp³-hybridized carbons (Fsp3) is 0.467. The molecule has 0 N–H and O–H groups in total. The van der Waals surface area contributed by atoms with E-state index in [1.165, 1.54) is 16.6 Å². The van der Waals surface area contributed by atoms with Gasteiger partial charge >= 0.3 is 0 Å². The molecule has 1 aromatic heterocycles. The van der Waals surface area contributed by atoms with Gasteiger partial charge in [-0.15, -0.1) is 0 Å². The smallest absolute Gasteiger partial charge is 0.0961 e. The van der Waals surface area contributed by atoms with Crippen LogP contribution in [0.25, 0.3) is 11.0 Å². The maximum Gasteiger partial charge on any atom is 0.0961 e. The van der Waals surface area contributed by atoms with Crippen LogP contribution in [0.3, 0.4) is 0 Å². The van der Waals surface area contributed by atoms with Gasteiger partial charge in [-0.25, -0.2) is 4.98 Å². The second-order valence-electron chi connectivity index (χ2n) is 5.31. The predicted molar refractivity (Wildman–Crippen MR) is 71.2 cm³/mol. The standard InChI is InChI=1S/C15H17N3/c1-10-6-13-15(7-11(10)2)18(9-17-13)14-5-3-4-12(14)8-16/h6-7,9,12,14H,3-5H2,1-2H3. The maximum absolute atomic E-state index is 9.22. The number of benzene rings is 1. The molecule has 0 aliphatic heterocycles. The number of nitrogens with zero attached hydrogens (tertiary/aromatic N) is 3. The Balaban J connectivity index is 2.13. The third kappa shape index (κ3) is 1.60. The van der Waals surface area contributed by atoms with Gasteiger partial charge in [-0.3, -0.25) is 0 Å². The highest BCUT2D eigenvalue weighted by Crippen LogP contribution is 2.37. The van der Waals surface area contributed by atoms with Gasteiger partial charge in [0.25, 0.3) is 0 Å². The van der Waals surface area contributed by atoms with Crippen molar-refractivity contribution in [3.05, 3.63) is 29.6 Å². The molecule has 0 bridgehead atoms. The molecule has 3 rings (SSSR count). The summed E-state index contributed by atoms with van der Waals surface area (Å²) >= 11 is 0. The van der Waals surface area contributed by atoms with Crippen LogP contribution in [0, 0.1) is 31.1 Å². The van der Waals surface area contributed by atoms with Crippen molar-refractivity contribution >= 4 is 11.0 Å². The van der Waals surface area contributed by atoms with Gasteiger partial charge in [-0.1, -0.05) is 0 Å². The summed E-state index contributed by atoms with van der Waals surface area (Å²) in [5.74, 6) is 0.143. The fourth-order valence-electron chi connectivity index (χ4n) is 2.97. The molecule has 1 heterocycles. The molecule has 0 radical (unpaired) electrons. The van der Waals surface area contributed by atoms with Crippen molar-refractivity contribution in [2.45, 2.75) is 39.2 Å². The van der Waals surface area contributed by atoms with Gasteiger partial charge in [0.05, 0.1) is 35.4 Å². The van der Waals surface area contributed by atoms with Crippen molar-refractivity contribution < 1.29 is 0 Å². The highest BCUT2D eigenvalue weighted by atomic mass is 15.1. The van der Waals surface area contributed by atoms with Crippen LogP contribution in [0.15, 0.2) is 18.5 Å². The molecular weight excluding hydrogens is 222 g/mol. The molecular formula is C15H17N3. The van der Waals surface area contributed by atoms with E-state index in [2.05, 4.69) is 41.6 Å². The Labute approximate surface area is 107 Å². The van der Waals surface area contributed by atoms with E-state index in [1.54, 1.807) is 0 Å². The second kappa shape index (κ2) is 4.13. The molecule has 3 heteroatoms. The van der Waals surface area contributed by atoms with E-state index >= 15 is 0 Å². The third-order valence-electron chi connectivity index (χ3n) is 4.19. The summed E-state index contributed by atoms with van der Waals surface area (Å²) in [6.07, 6.45) is 5.17. The Morgan fingerprint density at radius 3 is 2.83 bits per heavy atom. The highest BCUT2D eigenvalue weighted by molar-refractivity contribution is 5.77. The highest BCUT2D eigenvalue weighted by Gasteiger charge is 2.29. The molecule has 1 aliphatic carbocycles. The van der Waals surface area contributed by atoms with E-state index in [4.69, 9.17) is 0 Å². The first-order chi connectivity index (χ1) is 8.70. The Morgan fingerprint density at radius 2 is 2.06 bits per heavy atom. The second-order valence-corrected chi connectivity index (χ2v) is 5.31. The summed E-state index contributed by atoms with van der Waals surface area (Å²) in [4.78, 5) is 4.49. The Hall–Kier alpha value is -1.82. The lowest BCUT2D eigenvalue weighted by Gasteiger charge is -2.16. The molecule has 2 atom stereocenters. The largest absolute Gasteiger partial charge is 0.326 e. The zero-order valence-corrected chi connectivity index (χ0v) is 10.8. The molecule has 18 heavy (non-hydrogen) atoms. The van der Waals surface area contributed by atoms with Gasteiger partial charge in [-0.2, -0.15) is 5.26 Å². The average molecular weight is 239 g/mol. The van der Waals surface area contributed by atoms with Crippen molar-refractivity contribution in [1.82, 2.24) is 9.55 Å². The van der Waals surface area contributed by atoms with Crippen LogP contribution in [0.2, 0.25) is 0 Å². The number of hydrogen-bond acceptors (Lipinski definition) is 2. The van der Waals surface area contributed by atoms with E-state index < -0.39 is 0 Å². The molecule has 2 unspecified atom stereocenters. The molecule has 1 fully saturated rings. The van der Waals surface area contributed by atoms with E-state index in [0.717, 1.165) is 24.8 Å². The van der Waals surface area contributed by atoms with Crippen LogP contribution < -0.4 is 0 Å². The molecule has 1 aliphatic rings. The number of rotatable bonds is 1. The van der Waals surface area contributed by atoms with E-state index in [-0.39, 0.29) is 5.92 Å². The SMILES string of the molecule is Cc1cc2ncn(C3CCCC3C#N)c2cc1C. The lowest BCUT2D eigenvalue weighted by molar-refractivity contribution is 0.460. The minimum Gasteiger partial charge on any atom is -0.326 e. The van der Waals surface area contributed by atoms with Gasteiger partial charge in [0.1, 0.15) is 0 Å². The molecule has 0 saturated heterocycles. The predicted octanol–water partition coefficient (Wildman–Crippen LogP) is 3.52. The van der Waals surface area contributed by atoms with Gasteiger partial charge in [0, 0.05) is 0 Å². The Morgan fingerprint density at radius 1 is 1.28 bits per heavy atom. The summed E-state index contributed by atoms with van der Waals surface area (Å²) < 4.78 is 2.21. The van der Waals surface area contributed by atoms with Crippen LogP contribution in [-0.2, 0) is 0 Å². The minimum atomic E-state index is 0.143. The van der Waals surface area contributed by atoms with E-state index in [0.29, 0.717) is 6.04 Å². The normalized spacial score (nSPS) is 23.4. The zero-order chi connectivity index (χ0) is 12.7. The molecule has 3 nitrogen and oxygen atoms in total. The van der Waals surface area contributed by atoms with Crippen molar-refractivity contribution in [3.63, 3.8) is 0 Å². The maximum atomic E-state index is 9.22. The summed E-state index contributed by atoms with van der Waals surface area (Å²) in [6, 6.07) is 7.09. The van der Waals surface area contributed by atoms with Crippen molar-refractivity contribution in [1.29, 1.82) is 5.26 Å². The third-order valence-corrected chi connectivity index (χ3v) is 4.19. The summed E-state index contributed by atoms with van der Waals surface area (Å²) in [5, 5.41) is 9.22. The number of hydrogen-bond donors (Lipinski definition) is 0. The Bertz CT molecular complexity index is 633. The molecule has 92 valence electrons. The number of imidazole rings is 1. The van der Waals surface area contributed by atoms with Gasteiger partial charge < -0.3 is 4.57 Å². The number of fused-ring (bicyclic) bond motifs is 1. The summed E-state index contributed by atoms with van der Waals surface area (Å²) in [7, 11) is 0. The van der Waals surface area contributed by atoms with E-state index in [1.807, 2.05) is 6.33 Å². The fourth-order valence-corrected chi connectivity index (χ4v) is 2.97. The molecule has 0 spiro atoms. The topological polar surface area (TPSA) is 41.6 Å². The van der Waals surface area contributed by atoms with Crippen LogP contribution in [0.4, 0.5) is 0 Å². The molecule has 2 aromatic rings.